The highest BCUT2D eigenvalue weighted by atomic mass is 19.3. The largest absolute Gasteiger partial charge is 0.481 e. The van der Waals surface area contributed by atoms with Gasteiger partial charge in [0.25, 0.3) is 0 Å². The van der Waals surface area contributed by atoms with E-state index in [9.17, 15) is 23.2 Å². The summed E-state index contributed by atoms with van der Waals surface area (Å²) in [6.45, 7) is 9.24. The second kappa shape index (κ2) is 7.35. The molecule has 0 bridgehead atoms. The lowest BCUT2D eigenvalue weighted by atomic mass is 9.87. The van der Waals surface area contributed by atoms with E-state index in [1.54, 1.807) is 41.5 Å². The van der Waals surface area contributed by atoms with Gasteiger partial charge in [-0.3, -0.25) is 4.79 Å². The number of nitrogens with zero attached hydrogens (tertiary/aromatic N) is 2. The number of halogens is 2. The van der Waals surface area contributed by atoms with Crippen LogP contribution in [0.3, 0.4) is 0 Å². The van der Waals surface area contributed by atoms with Gasteiger partial charge in [-0.2, -0.15) is 0 Å². The number of rotatable bonds is 2. The number of aliphatic carboxylic acids is 1. The summed E-state index contributed by atoms with van der Waals surface area (Å²) in [5.41, 5.74) is -4.21. The Morgan fingerprint density at radius 2 is 1.57 bits per heavy atom. The Morgan fingerprint density at radius 1 is 1.10 bits per heavy atom. The molecule has 0 spiro atoms. The lowest BCUT2D eigenvalue weighted by molar-refractivity contribution is -0.143. The van der Waals surface area contributed by atoms with E-state index in [4.69, 9.17) is 19.3 Å². The Balaban J connectivity index is 2.47. The van der Waals surface area contributed by atoms with Crippen molar-refractivity contribution < 1.29 is 42.5 Å². The second-order valence-electron chi connectivity index (χ2n) is 9.62. The second-order valence-corrected chi connectivity index (χ2v) is 9.62. The van der Waals surface area contributed by atoms with E-state index in [2.05, 4.69) is 4.99 Å². The number of carboxylic acids is 1. The first-order valence-electron chi connectivity index (χ1n) is 9.47. The van der Waals surface area contributed by atoms with E-state index in [1.807, 2.05) is 0 Å². The van der Waals surface area contributed by atoms with Crippen molar-refractivity contribution in [2.45, 2.75) is 77.6 Å². The molecule has 0 saturated heterocycles. The molecule has 3 unspecified atom stereocenters. The molecule has 2 amide bonds. The van der Waals surface area contributed by atoms with E-state index in [-0.39, 0.29) is 6.42 Å². The summed E-state index contributed by atoms with van der Waals surface area (Å²) in [7, 11) is 0. The summed E-state index contributed by atoms with van der Waals surface area (Å²) >= 11 is 0. The molecule has 0 aromatic heterocycles. The lowest BCUT2D eigenvalue weighted by Crippen LogP contribution is -2.58. The minimum absolute atomic E-state index is 0.00290. The fourth-order valence-corrected chi connectivity index (χ4v) is 3.02. The minimum Gasteiger partial charge on any atom is -0.481 e. The number of aliphatic imine (C=N–C) groups is 1. The zero-order chi connectivity index (χ0) is 23.3. The van der Waals surface area contributed by atoms with Crippen LogP contribution in [0.4, 0.5) is 18.4 Å². The van der Waals surface area contributed by atoms with Crippen LogP contribution in [0.25, 0.3) is 0 Å². The summed E-state index contributed by atoms with van der Waals surface area (Å²) in [6.07, 6.45) is -2.43. The third-order valence-electron chi connectivity index (χ3n) is 4.62. The van der Waals surface area contributed by atoms with Gasteiger partial charge in [-0.15, -0.1) is 4.90 Å². The molecule has 3 atom stereocenters. The summed E-state index contributed by atoms with van der Waals surface area (Å²) in [5.74, 6) is -6.71. The van der Waals surface area contributed by atoms with Crippen molar-refractivity contribution in [3.8, 4) is 0 Å². The molecule has 170 valence electrons. The summed E-state index contributed by atoms with van der Waals surface area (Å²) in [6, 6.07) is -0.719. The normalized spacial score (nSPS) is 28.0. The molecule has 2 rings (SSSR count). The van der Waals surface area contributed by atoms with Crippen LogP contribution in [0.5, 0.6) is 0 Å². The first kappa shape index (κ1) is 23.8. The first-order valence-corrected chi connectivity index (χ1v) is 9.47. The minimum atomic E-state index is -3.51. The third-order valence-corrected chi connectivity index (χ3v) is 4.62. The molecule has 0 aromatic rings. The molecule has 2 aliphatic rings. The first-order chi connectivity index (χ1) is 13.4. The van der Waals surface area contributed by atoms with Crippen molar-refractivity contribution in [1.82, 2.24) is 4.90 Å². The molecule has 1 heterocycles. The monoisotopic (exact) mass is 434 g/mol. The molecule has 1 fully saturated rings. The molecule has 1 aliphatic heterocycles. The van der Waals surface area contributed by atoms with Gasteiger partial charge in [0.05, 0.1) is 5.92 Å². The van der Waals surface area contributed by atoms with E-state index >= 15 is 0 Å². The molecule has 0 radical (unpaired) electrons. The number of carbonyl (C=O) groups excluding carboxylic acids is 2. The van der Waals surface area contributed by atoms with Gasteiger partial charge < -0.3 is 19.3 Å². The van der Waals surface area contributed by atoms with Crippen molar-refractivity contribution in [3.05, 3.63) is 0 Å². The zero-order valence-electron chi connectivity index (χ0n) is 18.1. The van der Waals surface area contributed by atoms with Crippen LogP contribution in [0.1, 0.15) is 54.9 Å². The Labute approximate surface area is 173 Å². The standard InChI is InChI=1S/C19H28F2N2O7/c1-16(2,3)29-14(26)23(15(27)30-17(4,5)6)13-22-18(7,19(20,21)9-28-13)11-8-10(11)12(24)25/h10-11H,8-9H2,1-7H3,(H,24,25). The number of hydrogen-bond acceptors (Lipinski definition) is 7. The van der Waals surface area contributed by atoms with Gasteiger partial charge in [0.1, 0.15) is 16.7 Å². The molecule has 0 aromatic carbocycles. The maximum Gasteiger partial charge on any atom is 0.428 e. The lowest BCUT2D eigenvalue weighted by Gasteiger charge is -2.39. The van der Waals surface area contributed by atoms with E-state index < -0.39 is 65.3 Å². The van der Waals surface area contributed by atoms with Crippen LogP contribution in [0.2, 0.25) is 0 Å². The van der Waals surface area contributed by atoms with Gasteiger partial charge in [-0.1, -0.05) is 0 Å². The molecule has 1 aliphatic carbocycles. The third kappa shape index (κ3) is 4.99. The predicted molar refractivity (Wildman–Crippen MR) is 100 cm³/mol. The average Bonchev–Trinajstić information content (AvgIpc) is 3.28. The van der Waals surface area contributed by atoms with Crippen LogP contribution >= 0.6 is 0 Å². The summed E-state index contributed by atoms with van der Waals surface area (Å²) in [5, 5.41) is 9.16. The van der Waals surface area contributed by atoms with Crippen LogP contribution < -0.4 is 0 Å². The van der Waals surface area contributed by atoms with Gasteiger partial charge in [0.15, 0.2) is 6.61 Å². The van der Waals surface area contributed by atoms with Gasteiger partial charge in [-0.25, -0.2) is 23.4 Å². The molecule has 1 N–H and O–H groups in total. The van der Waals surface area contributed by atoms with Gasteiger partial charge >= 0.3 is 30.1 Å². The van der Waals surface area contributed by atoms with Crippen LogP contribution in [-0.4, -0.2) is 63.5 Å². The van der Waals surface area contributed by atoms with Crippen LogP contribution in [-0.2, 0) is 19.0 Å². The highest BCUT2D eigenvalue weighted by Crippen LogP contribution is 2.55. The van der Waals surface area contributed by atoms with Crippen LogP contribution in [0, 0.1) is 11.8 Å². The highest BCUT2D eigenvalue weighted by molar-refractivity contribution is 6.06. The molecule has 1 saturated carbocycles. The Hall–Kier alpha value is -2.46. The van der Waals surface area contributed by atoms with Crippen LogP contribution in [0.15, 0.2) is 4.99 Å². The maximum atomic E-state index is 14.7. The predicted octanol–water partition coefficient (Wildman–Crippen LogP) is 3.66. The topological polar surface area (TPSA) is 115 Å². The van der Waals surface area contributed by atoms with Crippen molar-refractivity contribution in [1.29, 1.82) is 0 Å². The highest BCUT2D eigenvalue weighted by Gasteiger charge is 2.67. The number of hydrogen-bond donors (Lipinski definition) is 1. The molecular formula is C19H28F2N2O7. The molecule has 30 heavy (non-hydrogen) atoms. The fraction of sp³-hybridized carbons (Fsp3) is 0.789. The number of amidine groups is 1. The van der Waals surface area contributed by atoms with E-state index in [0.717, 1.165) is 6.92 Å². The molecule has 9 nitrogen and oxygen atoms in total. The van der Waals surface area contributed by atoms with Gasteiger partial charge in [0.2, 0.25) is 0 Å². The molecular weight excluding hydrogens is 406 g/mol. The zero-order valence-corrected chi connectivity index (χ0v) is 18.1. The quantitative estimate of drug-likeness (QED) is 0.705. The summed E-state index contributed by atoms with van der Waals surface area (Å²) in [4.78, 5) is 40.8. The van der Waals surface area contributed by atoms with Crippen molar-refractivity contribution in [3.63, 3.8) is 0 Å². The SMILES string of the molecule is CC(C)(C)OC(=O)N(C(=O)OC(C)(C)C)C1=NC(C)(C2CC2C(=O)O)C(F)(F)CO1. The van der Waals surface area contributed by atoms with Crippen molar-refractivity contribution in [2.24, 2.45) is 16.8 Å². The maximum absolute atomic E-state index is 14.7. The van der Waals surface area contributed by atoms with E-state index in [0.29, 0.717) is 4.90 Å². The fourth-order valence-electron chi connectivity index (χ4n) is 3.02. The Bertz CT molecular complexity index is 742. The average molecular weight is 434 g/mol. The number of amides is 2. The number of ether oxygens (including phenoxy) is 3. The van der Waals surface area contributed by atoms with Crippen molar-refractivity contribution >= 4 is 24.2 Å². The number of carboxylic acid groups (broad SMARTS) is 1. The van der Waals surface area contributed by atoms with Gasteiger partial charge in [0, 0.05) is 5.92 Å². The number of carbonyl (C=O) groups is 3. The molecule has 11 heteroatoms. The van der Waals surface area contributed by atoms with E-state index in [1.165, 1.54) is 0 Å². The Kier molecular flexibility index (Phi) is 5.83. The van der Waals surface area contributed by atoms with Gasteiger partial charge in [-0.05, 0) is 54.9 Å². The number of imide groups is 1. The van der Waals surface area contributed by atoms with Crippen molar-refractivity contribution in [2.75, 3.05) is 6.61 Å². The smallest absolute Gasteiger partial charge is 0.428 e. The number of alkyl halides is 2. The Morgan fingerprint density at radius 3 is 1.93 bits per heavy atom. The summed E-state index contributed by atoms with van der Waals surface area (Å²) < 4.78 is 44.7.